The average molecular weight is 959 g/mol. The quantitative estimate of drug-likeness (QED) is 0.0849. The molecule has 4 aromatic rings. The van der Waals surface area contributed by atoms with Crippen LogP contribution < -0.4 is 10.7 Å². The number of carbonyl (C=O) groups excluding carboxylic acids is 4. The van der Waals surface area contributed by atoms with E-state index in [1.54, 1.807) is 25.3 Å². The van der Waals surface area contributed by atoms with Gasteiger partial charge in [0.1, 0.15) is 17.0 Å². The van der Waals surface area contributed by atoms with E-state index >= 15 is 0 Å². The number of aryl methyl sites for hydroxylation is 1. The number of nitroso groups, excluding NO2 is 1. The maximum atomic E-state index is 14.8. The SMILES string of the molecule is CO[C@@H](C)c1ncccc1-c1c2c3cc(ccc3n1C)-c1cccc(c1)C[C@H](NC(=O)[C@H](C(C)C)N(C)[N+](=O)[C@H]1CCN(C(=O)C#CC(C)(C)N(C)C)C1)C(=O)N1CCC[C@H](N1)C(=O)OCC(C)(C)C2. The number of fused-ring (bicyclic) bond motifs is 6. The van der Waals surface area contributed by atoms with Crippen LogP contribution in [0.25, 0.3) is 33.3 Å². The Hall–Kier alpha value is -6.15. The molecule has 70 heavy (non-hydrogen) atoms. The largest absolute Gasteiger partial charge is 0.464 e. The normalized spacial score (nSPS) is 20.6. The zero-order chi connectivity index (χ0) is 50.8. The molecule has 2 saturated heterocycles. The molecule has 374 valence electrons. The van der Waals surface area contributed by atoms with Gasteiger partial charge in [-0.25, -0.2) is 5.43 Å². The number of methoxy groups -OCH3 is 1. The highest BCUT2D eigenvalue weighted by molar-refractivity contribution is 5.96. The standard InChI is InChI=1S/C54H71N9O7/c1-34(2)48(60(11)63(68)39-23-27-61(32-39)46(64)22-24-54(6,7)58(8)9)50(65)56-44-29-36-16-13-17-37(28-36)38-20-21-45-41(30-38)42(49(59(45)10)40-18-14-25-55-47(40)35(3)69-12)31-53(4,5)33-70-52(67)43-19-15-26-62(57-43)51(44)66/h13-14,16-18,20-21,25,28,30,34-35,39,43-44,48,57H,15,19,23,26-27,29,31-33H2,1-12H3/p+1/t35-,39-,43-,44-,48-/m0/s1. The molecule has 3 aliphatic heterocycles. The van der Waals surface area contributed by atoms with Crippen LogP contribution in [0.3, 0.4) is 0 Å². The number of nitrogens with zero attached hydrogens (tertiary/aromatic N) is 7. The van der Waals surface area contributed by atoms with E-state index in [9.17, 15) is 24.1 Å². The van der Waals surface area contributed by atoms with E-state index in [-0.39, 0.29) is 37.5 Å². The number of hydrogen-bond acceptors (Lipinski definition) is 10. The number of aromatic nitrogens is 2. The fourth-order valence-electron chi connectivity index (χ4n) is 9.83. The average Bonchev–Trinajstić information content (AvgIpc) is 3.93. The predicted molar refractivity (Wildman–Crippen MR) is 270 cm³/mol. The van der Waals surface area contributed by atoms with Crippen LogP contribution in [0, 0.1) is 28.1 Å². The molecule has 5 atom stereocenters. The lowest BCUT2D eigenvalue weighted by atomic mass is 9.84. The molecule has 5 heterocycles. The summed E-state index contributed by atoms with van der Waals surface area (Å²) in [4.78, 5) is 79.6. The van der Waals surface area contributed by atoms with Gasteiger partial charge in [-0.05, 0) is 112 Å². The lowest BCUT2D eigenvalue weighted by Gasteiger charge is -2.36. The molecule has 16 heteroatoms. The molecule has 0 saturated carbocycles. The van der Waals surface area contributed by atoms with Gasteiger partial charge in [-0.3, -0.25) is 34.1 Å². The summed E-state index contributed by atoms with van der Waals surface area (Å²) in [6.07, 6.45) is 3.64. The summed E-state index contributed by atoms with van der Waals surface area (Å²) < 4.78 is 14.1. The number of likely N-dealkylation sites (N-methyl/N-ethyl adjacent to an activating group) is 1. The van der Waals surface area contributed by atoms with E-state index in [1.807, 2.05) is 77.9 Å². The Morgan fingerprint density at radius 3 is 2.49 bits per heavy atom. The molecular weight excluding hydrogens is 887 g/mol. The molecule has 0 radical (unpaired) electrons. The van der Waals surface area contributed by atoms with Gasteiger partial charge in [0.15, 0.2) is 6.04 Å². The fourth-order valence-corrected chi connectivity index (χ4v) is 9.83. The van der Waals surface area contributed by atoms with Gasteiger partial charge >= 0.3 is 5.97 Å². The van der Waals surface area contributed by atoms with Gasteiger partial charge in [0.05, 0.1) is 48.1 Å². The molecule has 3 amide bonds. The number of cyclic esters (lactones) is 1. The Morgan fingerprint density at radius 1 is 1.03 bits per heavy atom. The van der Waals surface area contributed by atoms with Gasteiger partial charge in [0.2, 0.25) is 5.91 Å². The Bertz CT molecular complexity index is 2700. The minimum Gasteiger partial charge on any atom is -0.464 e. The van der Waals surface area contributed by atoms with Crippen molar-refractivity contribution in [2.75, 3.05) is 54.5 Å². The molecule has 0 aliphatic carbocycles. The summed E-state index contributed by atoms with van der Waals surface area (Å²) in [6, 6.07) is 15.0. The predicted octanol–water partition coefficient (Wildman–Crippen LogP) is 5.86. The van der Waals surface area contributed by atoms with Gasteiger partial charge in [0, 0.05) is 68.2 Å². The number of hydrazine groups is 2. The number of pyridine rings is 1. The smallest absolute Gasteiger partial charge is 0.324 e. The van der Waals surface area contributed by atoms with Crippen LogP contribution in [0.5, 0.6) is 0 Å². The number of benzene rings is 2. The highest BCUT2D eigenvalue weighted by Gasteiger charge is 2.45. The Kier molecular flexibility index (Phi) is 15.6. The highest BCUT2D eigenvalue weighted by Crippen LogP contribution is 2.41. The van der Waals surface area contributed by atoms with Crippen LogP contribution in [0.2, 0.25) is 0 Å². The summed E-state index contributed by atoms with van der Waals surface area (Å²) in [7, 11) is 9.12. The maximum Gasteiger partial charge on any atom is 0.324 e. The number of hydrogen-bond donors (Lipinski definition) is 2. The third kappa shape index (κ3) is 11.1. The first kappa shape index (κ1) is 51.7. The van der Waals surface area contributed by atoms with Crippen molar-refractivity contribution in [2.24, 2.45) is 18.4 Å². The van der Waals surface area contributed by atoms with Crippen molar-refractivity contribution in [2.45, 2.75) is 116 Å². The second kappa shape index (κ2) is 21.1. The molecule has 2 aromatic heterocycles. The van der Waals surface area contributed by atoms with Crippen LogP contribution in [0.15, 0.2) is 60.8 Å². The Labute approximate surface area is 412 Å². The lowest BCUT2D eigenvalue weighted by Crippen LogP contribution is -2.62. The van der Waals surface area contributed by atoms with E-state index in [1.165, 1.54) is 10.0 Å². The molecule has 2 fully saturated rings. The molecule has 0 unspecified atom stereocenters. The second-order valence-electron chi connectivity index (χ2n) is 21.1. The van der Waals surface area contributed by atoms with Crippen LogP contribution in [0.4, 0.5) is 0 Å². The molecule has 7 rings (SSSR count). The van der Waals surface area contributed by atoms with Crippen molar-refractivity contribution in [1.29, 1.82) is 0 Å². The van der Waals surface area contributed by atoms with Gasteiger partial charge < -0.3 is 24.3 Å². The van der Waals surface area contributed by atoms with E-state index in [4.69, 9.17) is 14.5 Å². The van der Waals surface area contributed by atoms with Gasteiger partial charge in [0.25, 0.3) is 17.9 Å². The summed E-state index contributed by atoms with van der Waals surface area (Å²) in [5, 5.41) is 6.93. The number of likely N-dealkylation sites (tertiary alicyclic amines) is 1. The zero-order valence-corrected chi connectivity index (χ0v) is 43.1. The summed E-state index contributed by atoms with van der Waals surface area (Å²) in [5.74, 6) is 3.72. The van der Waals surface area contributed by atoms with E-state index < -0.39 is 52.9 Å². The summed E-state index contributed by atoms with van der Waals surface area (Å²) >= 11 is 0. The van der Waals surface area contributed by atoms with Crippen LogP contribution in [-0.2, 0) is 48.5 Å². The van der Waals surface area contributed by atoms with Crippen molar-refractivity contribution < 1.29 is 33.5 Å². The molecular formula is C54H72N9O7+. The first-order chi connectivity index (χ1) is 33.1. The van der Waals surface area contributed by atoms with Crippen LogP contribution in [0.1, 0.15) is 90.7 Å². The minimum absolute atomic E-state index is 0.127. The van der Waals surface area contributed by atoms with Gasteiger partial charge in [-0.15, -0.1) is 5.01 Å². The number of ether oxygens (including phenoxy) is 2. The van der Waals surface area contributed by atoms with E-state index in [0.29, 0.717) is 38.8 Å². The van der Waals surface area contributed by atoms with Crippen molar-refractivity contribution in [1.82, 2.24) is 40.1 Å². The van der Waals surface area contributed by atoms with Crippen molar-refractivity contribution >= 4 is 34.6 Å². The number of nitrogens with one attached hydrogen (secondary N) is 2. The minimum atomic E-state index is -1.07. The summed E-state index contributed by atoms with van der Waals surface area (Å²) in [5.41, 5.74) is 9.78. The molecule has 6 bridgehead atoms. The van der Waals surface area contributed by atoms with Crippen LogP contribution >= 0.6 is 0 Å². The molecule has 16 nitrogen and oxygen atoms in total. The van der Waals surface area contributed by atoms with Gasteiger partial charge in [-0.2, -0.15) is 0 Å². The Balaban J connectivity index is 1.22. The van der Waals surface area contributed by atoms with E-state index in [0.717, 1.165) is 55.0 Å². The maximum absolute atomic E-state index is 14.8. The zero-order valence-electron chi connectivity index (χ0n) is 43.1. The first-order valence-electron chi connectivity index (χ1n) is 24.5. The van der Waals surface area contributed by atoms with E-state index in [2.05, 4.69) is 78.4 Å². The lowest BCUT2D eigenvalue weighted by molar-refractivity contribution is -0.732. The Morgan fingerprint density at radius 2 is 1.77 bits per heavy atom. The number of carbonyl (C=O) groups is 4. The third-order valence-corrected chi connectivity index (χ3v) is 14.4. The monoisotopic (exact) mass is 959 g/mol. The van der Waals surface area contributed by atoms with Crippen molar-refractivity contribution in [3.8, 4) is 34.2 Å². The summed E-state index contributed by atoms with van der Waals surface area (Å²) in [6.45, 7) is 14.7. The highest BCUT2D eigenvalue weighted by atomic mass is 16.5. The topological polar surface area (TPSA) is 162 Å². The fraction of sp³-hybridized carbons (Fsp3) is 0.537. The molecule has 2 aromatic carbocycles. The third-order valence-electron chi connectivity index (χ3n) is 14.4. The van der Waals surface area contributed by atoms with Crippen molar-refractivity contribution in [3.05, 3.63) is 82.5 Å². The van der Waals surface area contributed by atoms with Crippen molar-refractivity contribution in [3.63, 3.8) is 0 Å². The molecule has 3 aliphatic rings. The van der Waals surface area contributed by atoms with Crippen LogP contribution in [-0.4, -0.2) is 142 Å². The second-order valence-corrected chi connectivity index (χ2v) is 21.1. The number of amides is 3. The number of rotatable bonds is 10. The van der Waals surface area contributed by atoms with Gasteiger partial charge in [-0.1, -0.05) is 63.9 Å². The first-order valence-corrected chi connectivity index (χ1v) is 24.5. The molecule has 2 N–H and O–H groups in total. The number of esters is 1. The molecule has 0 spiro atoms.